The van der Waals surface area contributed by atoms with Crippen molar-refractivity contribution in [3.63, 3.8) is 0 Å². The third kappa shape index (κ3) is 1.97. The number of nitrogens with zero attached hydrogens (tertiary/aromatic N) is 1. The molecule has 1 fully saturated rings. The summed E-state index contributed by atoms with van der Waals surface area (Å²) in [6.45, 7) is 3.83. The Balaban J connectivity index is 2.22. The third-order valence-corrected chi connectivity index (χ3v) is 4.84. The SMILES string of the molecule is Cc1sc(C2CCSC2)nc1C(C)O. The Kier molecular flexibility index (Phi) is 3.14. The van der Waals surface area contributed by atoms with Crippen LogP contribution in [0.2, 0.25) is 0 Å². The number of thioether (sulfide) groups is 1. The first kappa shape index (κ1) is 10.5. The van der Waals surface area contributed by atoms with E-state index in [1.54, 1.807) is 18.3 Å². The molecular formula is C10H15NOS2. The van der Waals surface area contributed by atoms with Gasteiger partial charge in [-0.15, -0.1) is 11.3 Å². The predicted molar refractivity (Wildman–Crippen MR) is 62.2 cm³/mol. The van der Waals surface area contributed by atoms with Crippen molar-refractivity contribution in [2.24, 2.45) is 0 Å². The highest BCUT2D eigenvalue weighted by Crippen LogP contribution is 2.36. The molecule has 1 saturated heterocycles. The highest BCUT2D eigenvalue weighted by Gasteiger charge is 2.22. The number of hydrogen-bond donors (Lipinski definition) is 1. The van der Waals surface area contributed by atoms with Crippen molar-refractivity contribution >= 4 is 23.1 Å². The summed E-state index contributed by atoms with van der Waals surface area (Å²) < 4.78 is 0. The Labute approximate surface area is 92.8 Å². The fourth-order valence-corrected chi connectivity index (χ4v) is 4.20. The van der Waals surface area contributed by atoms with Crippen LogP contribution >= 0.6 is 23.1 Å². The van der Waals surface area contributed by atoms with Crippen LogP contribution in [-0.2, 0) is 0 Å². The highest BCUT2D eigenvalue weighted by atomic mass is 32.2. The summed E-state index contributed by atoms with van der Waals surface area (Å²) in [5.74, 6) is 3.09. The molecule has 1 aromatic heterocycles. The van der Waals surface area contributed by atoms with E-state index in [4.69, 9.17) is 0 Å². The molecule has 2 rings (SSSR count). The summed E-state index contributed by atoms with van der Waals surface area (Å²) >= 11 is 3.76. The molecule has 0 radical (unpaired) electrons. The molecule has 2 atom stereocenters. The molecule has 1 aliphatic rings. The minimum Gasteiger partial charge on any atom is -0.387 e. The van der Waals surface area contributed by atoms with Crippen LogP contribution in [0, 0.1) is 6.92 Å². The van der Waals surface area contributed by atoms with E-state index >= 15 is 0 Å². The van der Waals surface area contributed by atoms with Crippen molar-refractivity contribution in [1.29, 1.82) is 0 Å². The van der Waals surface area contributed by atoms with Gasteiger partial charge in [-0.3, -0.25) is 0 Å². The van der Waals surface area contributed by atoms with E-state index in [0.29, 0.717) is 5.92 Å². The van der Waals surface area contributed by atoms with E-state index in [2.05, 4.69) is 4.98 Å². The number of rotatable bonds is 2. The van der Waals surface area contributed by atoms with E-state index in [0.717, 1.165) is 5.69 Å². The lowest BCUT2D eigenvalue weighted by Crippen LogP contribution is -1.98. The van der Waals surface area contributed by atoms with E-state index in [1.807, 2.05) is 18.7 Å². The van der Waals surface area contributed by atoms with Crippen LogP contribution in [0.4, 0.5) is 0 Å². The second-order valence-corrected chi connectivity index (χ2v) is 6.11. The van der Waals surface area contributed by atoms with Gasteiger partial charge in [-0.1, -0.05) is 0 Å². The first-order chi connectivity index (χ1) is 6.68. The number of aliphatic hydroxyl groups excluding tert-OH is 1. The number of aliphatic hydroxyl groups is 1. The maximum absolute atomic E-state index is 9.50. The van der Waals surface area contributed by atoms with E-state index in [1.165, 1.54) is 27.8 Å². The lowest BCUT2D eigenvalue weighted by molar-refractivity contribution is 0.194. The number of thiazole rings is 1. The molecule has 0 aliphatic carbocycles. The van der Waals surface area contributed by atoms with Crippen LogP contribution in [0.25, 0.3) is 0 Å². The second kappa shape index (κ2) is 4.21. The first-order valence-corrected chi connectivity index (χ1v) is 6.88. The minimum absolute atomic E-state index is 0.422. The van der Waals surface area contributed by atoms with E-state index < -0.39 is 6.10 Å². The highest BCUT2D eigenvalue weighted by molar-refractivity contribution is 7.99. The van der Waals surface area contributed by atoms with Crippen LogP contribution in [-0.4, -0.2) is 21.6 Å². The van der Waals surface area contributed by atoms with Gasteiger partial charge in [-0.05, 0) is 26.0 Å². The Bertz CT molecular complexity index is 316. The van der Waals surface area contributed by atoms with E-state index in [-0.39, 0.29) is 0 Å². The zero-order valence-corrected chi connectivity index (χ0v) is 10.1. The summed E-state index contributed by atoms with van der Waals surface area (Å²) in [4.78, 5) is 5.72. The number of aryl methyl sites for hydroxylation is 1. The lowest BCUT2D eigenvalue weighted by Gasteiger charge is -2.02. The van der Waals surface area contributed by atoms with Crippen molar-refractivity contribution in [3.05, 3.63) is 15.6 Å². The predicted octanol–water partition coefficient (Wildman–Crippen LogP) is 2.73. The minimum atomic E-state index is -0.422. The Morgan fingerprint density at radius 1 is 1.57 bits per heavy atom. The number of aromatic nitrogens is 1. The molecule has 2 nitrogen and oxygen atoms in total. The van der Waals surface area contributed by atoms with Crippen molar-refractivity contribution < 1.29 is 5.11 Å². The molecule has 0 aromatic carbocycles. The smallest absolute Gasteiger partial charge is 0.0971 e. The molecule has 1 aromatic rings. The van der Waals surface area contributed by atoms with Gasteiger partial charge in [-0.25, -0.2) is 4.98 Å². The van der Waals surface area contributed by atoms with Gasteiger partial charge >= 0.3 is 0 Å². The molecule has 0 amide bonds. The first-order valence-electron chi connectivity index (χ1n) is 4.91. The largest absolute Gasteiger partial charge is 0.387 e. The van der Waals surface area contributed by atoms with Gasteiger partial charge in [0.1, 0.15) is 0 Å². The quantitative estimate of drug-likeness (QED) is 0.846. The van der Waals surface area contributed by atoms with Gasteiger partial charge < -0.3 is 5.11 Å². The average Bonchev–Trinajstić information content (AvgIpc) is 2.70. The van der Waals surface area contributed by atoms with Crippen LogP contribution in [0.5, 0.6) is 0 Å². The van der Waals surface area contributed by atoms with Crippen LogP contribution < -0.4 is 0 Å². The normalized spacial score (nSPS) is 24.1. The Morgan fingerprint density at radius 3 is 2.86 bits per heavy atom. The second-order valence-electron chi connectivity index (χ2n) is 3.73. The van der Waals surface area contributed by atoms with E-state index in [9.17, 15) is 5.11 Å². The molecular weight excluding hydrogens is 214 g/mol. The van der Waals surface area contributed by atoms with Gasteiger partial charge in [-0.2, -0.15) is 11.8 Å². The lowest BCUT2D eigenvalue weighted by atomic mass is 10.1. The van der Waals surface area contributed by atoms with Crippen molar-refractivity contribution in [2.45, 2.75) is 32.3 Å². The van der Waals surface area contributed by atoms with Crippen molar-refractivity contribution in [3.8, 4) is 0 Å². The molecule has 1 aliphatic heterocycles. The van der Waals surface area contributed by atoms with Crippen LogP contribution in [0.3, 0.4) is 0 Å². The summed E-state index contributed by atoms with van der Waals surface area (Å²) in [6.07, 6.45) is 0.825. The van der Waals surface area contributed by atoms with Crippen molar-refractivity contribution in [1.82, 2.24) is 4.98 Å². The molecule has 2 unspecified atom stereocenters. The molecule has 2 heterocycles. The van der Waals surface area contributed by atoms with Crippen LogP contribution in [0.15, 0.2) is 0 Å². The molecule has 14 heavy (non-hydrogen) atoms. The topological polar surface area (TPSA) is 33.1 Å². The fourth-order valence-electron chi connectivity index (χ4n) is 1.72. The standard InChI is InChI=1S/C10H15NOS2/c1-6(12)9-7(2)14-10(11-9)8-3-4-13-5-8/h6,8,12H,3-5H2,1-2H3. The molecule has 4 heteroatoms. The van der Waals surface area contributed by atoms with Gasteiger partial charge in [0.25, 0.3) is 0 Å². The summed E-state index contributed by atoms with van der Waals surface area (Å²) in [5.41, 5.74) is 0.877. The zero-order chi connectivity index (χ0) is 10.1. The van der Waals surface area contributed by atoms with Gasteiger partial charge in [0.15, 0.2) is 0 Å². The Hall–Kier alpha value is -0.0600. The maximum Gasteiger partial charge on any atom is 0.0971 e. The summed E-state index contributed by atoms with van der Waals surface area (Å²) in [5, 5.41) is 10.7. The molecule has 0 spiro atoms. The van der Waals surface area contributed by atoms with Crippen molar-refractivity contribution in [2.75, 3.05) is 11.5 Å². The summed E-state index contributed by atoms with van der Waals surface area (Å²) in [7, 11) is 0. The summed E-state index contributed by atoms with van der Waals surface area (Å²) in [6, 6.07) is 0. The zero-order valence-electron chi connectivity index (χ0n) is 8.49. The molecule has 78 valence electrons. The maximum atomic E-state index is 9.50. The Morgan fingerprint density at radius 2 is 2.36 bits per heavy atom. The van der Waals surface area contributed by atoms with Gasteiger partial charge in [0.2, 0.25) is 0 Å². The van der Waals surface area contributed by atoms with Gasteiger partial charge in [0.05, 0.1) is 16.8 Å². The molecule has 1 N–H and O–H groups in total. The van der Waals surface area contributed by atoms with Gasteiger partial charge in [0, 0.05) is 16.5 Å². The van der Waals surface area contributed by atoms with Crippen LogP contribution in [0.1, 0.15) is 40.9 Å². The average molecular weight is 229 g/mol. The number of hydrogen-bond acceptors (Lipinski definition) is 4. The fraction of sp³-hybridized carbons (Fsp3) is 0.700. The molecule has 0 bridgehead atoms. The monoisotopic (exact) mass is 229 g/mol. The third-order valence-electron chi connectivity index (χ3n) is 2.52. The molecule has 0 saturated carbocycles.